The Morgan fingerprint density at radius 3 is 2.43 bits per heavy atom. The number of hydrogen-bond donors (Lipinski definition) is 2. The first-order valence-corrected chi connectivity index (χ1v) is 6.94. The first-order valence-electron chi connectivity index (χ1n) is 6.94. The normalized spacial score (nSPS) is 10.7. The molecule has 0 heterocycles. The van der Waals surface area contributed by atoms with E-state index in [1.165, 1.54) is 37.5 Å². The maximum Gasteiger partial charge on any atom is 0.189 e. The Labute approximate surface area is 134 Å². The molecule has 0 bridgehead atoms. The number of carbonyl (C=O) groups excluding carboxylic acids is 1. The molecule has 2 rings (SSSR count). The van der Waals surface area contributed by atoms with Gasteiger partial charge in [-0.3, -0.25) is 4.79 Å². The van der Waals surface area contributed by atoms with Crippen LogP contribution in [0, 0.1) is 6.92 Å². The number of rotatable bonds is 5. The van der Waals surface area contributed by atoms with E-state index in [1.54, 1.807) is 19.2 Å². The summed E-state index contributed by atoms with van der Waals surface area (Å²) in [7, 11) is 3.05. The average molecular weight is 314 g/mol. The summed E-state index contributed by atoms with van der Waals surface area (Å²) in [4.78, 5) is 12.4. The minimum Gasteiger partial charge on any atom is -0.508 e. The highest BCUT2D eigenvalue weighted by Crippen LogP contribution is 2.32. The van der Waals surface area contributed by atoms with Gasteiger partial charge in [0.15, 0.2) is 5.78 Å². The van der Waals surface area contributed by atoms with Gasteiger partial charge in [-0.05, 0) is 43.3 Å². The van der Waals surface area contributed by atoms with Gasteiger partial charge < -0.3 is 19.7 Å². The number of phenolic OH excluding ortho intramolecular Hbond substituents is 2. The van der Waals surface area contributed by atoms with Crippen LogP contribution in [0.5, 0.6) is 23.0 Å². The highest BCUT2D eigenvalue weighted by atomic mass is 16.5. The van der Waals surface area contributed by atoms with Crippen molar-refractivity contribution in [2.24, 2.45) is 0 Å². The van der Waals surface area contributed by atoms with Crippen molar-refractivity contribution in [1.29, 1.82) is 0 Å². The predicted octanol–water partition coefficient (Wildman–Crippen LogP) is 3.32. The fraction of sp³-hybridized carbons (Fsp3) is 0.167. The summed E-state index contributed by atoms with van der Waals surface area (Å²) in [6, 6.07) is 7.50. The quantitative estimate of drug-likeness (QED) is 0.654. The molecule has 23 heavy (non-hydrogen) atoms. The molecule has 5 heteroatoms. The molecule has 0 aromatic heterocycles. The fourth-order valence-corrected chi connectivity index (χ4v) is 2.28. The van der Waals surface area contributed by atoms with Crippen LogP contribution < -0.4 is 9.47 Å². The van der Waals surface area contributed by atoms with Gasteiger partial charge in [-0.25, -0.2) is 0 Å². The van der Waals surface area contributed by atoms with Crippen molar-refractivity contribution < 1.29 is 24.5 Å². The number of benzene rings is 2. The molecular formula is C18H18O5. The lowest BCUT2D eigenvalue weighted by molar-refractivity contribution is 0.104. The maximum absolute atomic E-state index is 12.4. The Balaban J connectivity index is 2.34. The van der Waals surface area contributed by atoms with Gasteiger partial charge in [-0.2, -0.15) is 0 Å². The minimum atomic E-state index is -0.264. The van der Waals surface area contributed by atoms with E-state index >= 15 is 0 Å². The third-order valence-electron chi connectivity index (χ3n) is 3.47. The van der Waals surface area contributed by atoms with Crippen molar-refractivity contribution in [2.45, 2.75) is 6.92 Å². The van der Waals surface area contributed by atoms with Crippen LogP contribution in [0.25, 0.3) is 6.08 Å². The summed E-state index contributed by atoms with van der Waals surface area (Å²) in [5, 5.41) is 19.0. The molecule has 0 spiro atoms. The number of aromatic hydroxyl groups is 2. The number of hydrogen-bond acceptors (Lipinski definition) is 5. The Hall–Kier alpha value is -2.95. The molecule has 5 nitrogen and oxygen atoms in total. The Kier molecular flexibility index (Phi) is 4.91. The number of phenols is 2. The molecule has 0 fully saturated rings. The number of ether oxygens (including phenoxy) is 2. The topological polar surface area (TPSA) is 76.0 Å². The molecule has 0 atom stereocenters. The number of allylic oxidation sites excluding steroid dienone is 1. The third kappa shape index (κ3) is 3.45. The van der Waals surface area contributed by atoms with Crippen LogP contribution in [0.1, 0.15) is 21.5 Å². The largest absolute Gasteiger partial charge is 0.508 e. The standard InChI is InChI=1S/C18H18O5/c1-11-17(22-2)9-7-14(18(11)23-3)15(20)8-5-12-4-6-13(19)10-16(12)21/h4-10,19,21H,1-3H3. The van der Waals surface area contributed by atoms with Crippen molar-refractivity contribution in [2.75, 3.05) is 14.2 Å². The molecule has 2 aromatic carbocycles. The minimum absolute atomic E-state index is 0.0431. The van der Waals surface area contributed by atoms with Crippen LogP contribution in [0.2, 0.25) is 0 Å². The molecular weight excluding hydrogens is 296 g/mol. The zero-order chi connectivity index (χ0) is 17.0. The zero-order valence-corrected chi connectivity index (χ0v) is 13.2. The van der Waals surface area contributed by atoms with E-state index in [4.69, 9.17) is 9.47 Å². The van der Waals surface area contributed by atoms with Gasteiger partial charge in [0.05, 0.1) is 19.8 Å². The Morgan fingerprint density at radius 1 is 1.09 bits per heavy atom. The van der Waals surface area contributed by atoms with Gasteiger partial charge in [-0.15, -0.1) is 0 Å². The maximum atomic E-state index is 12.4. The van der Waals surface area contributed by atoms with Crippen molar-refractivity contribution >= 4 is 11.9 Å². The summed E-state index contributed by atoms with van der Waals surface area (Å²) in [5.41, 5.74) is 1.57. The van der Waals surface area contributed by atoms with Crippen molar-refractivity contribution in [3.63, 3.8) is 0 Å². The first kappa shape index (κ1) is 16.4. The molecule has 0 aliphatic carbocycles. The number of carbonyl (C=O) groups is 1. The summed E-state index contributed by atoms with van der Waals surface area (Å²) in [6.45, 7) is 1.81. The molecule has 0 unspecified atom stereocenters. The van der Waals surface area contributed by atoms with E-state index < -0.39 is 0 Å². The van der Waals surface area contributed by atoms with Crippen molar-refractivity contribution in [1.82, 2.24) is 0 Å². The predicted molar refractivity (Wildman–Crippen MR) is 87.4 cm³/mol. The summed E-state index contributed by atoms with van der Waals surface area (Å²) >= 11 is 0. The second-order valence-electron chi connectivity index (χ2n) is 4.91. The fourth-order valence-electron chi connectivity index (χ4n) is 2.28. The van der Waals surface area contributed by atoms with E-state index in [-0.39, 0.29) is 17.3 Å². The number of ketones is 1. The van der Waals surface area contributed by atoms with E-state index in [0.717, 1.165) is 5.56 Å². The molecule has 0 saturated carbocycles. The van der Waals surface area contributed by atoms with Crippen LogP contribution in [-0.2, 0) is 0 Å². The number of methoxy groups -OCH3 is 2. The molecule has 120 valence electrons. The van der Waals surface area contributed by atoms with Gasteiger partial charge in [0, 0.05) is 17.2 Å². The zero-order valence-electron chi connectivity index (χ0n) is 13.2. The lowest BCUT2D eigenvalue weighted by Crippen LogP contribution is -2.02. The van der Waals surface area contributed by atoms with Gasteiger partial charge in [0.25, 0.3) is 0 Å². The Morgan fingerprint density at radius 2 is 1.83 bits per heavy atom. The smallest absolute Gasteiger partial charge is 0.189 e. The van der Waals surface area contributed by atoms with Crippen molar-refractivity contribution in [3.8, 4) is 23.0 Å². The second kappa shape index (κ2) is 6.87. The summed E-state index contributed by atoms with van der Waals surface area (Å²) in [5.74, 6) is 0.679. The SMILES string of the molecule is COc1ccc(C(=O)C=Cc2ccc(O)cc2O)c(OC)c1C. The second-order valence-corrected chi connectivity index (χ2v) is 4.91. The van der Waals surface area contributed by atoms with Crippen LogP contribution in [0.15, 0.2) is 36.4 Å². The van der Waals surface area contributed by atoms with Crippen LogP contribution in [0.3, 0.4) is 0 Å². The average Bonchev–Trinajstić information content (AvgIpc) is 2.53. The third-order valence-corrected chi connectivity index (χ3v) is 3.47. The molecule has 0 aliphatic rings. The molecule has 0 saturated heterocycles. The first-order chi connectivity index (χ1) is 11.0. The molecule has 0 aliphatic heterocycles. The van der Waals surface area contributed by atoms with Crippen LogP contribution >= 0.6 is 0 Å². The molecule has 0 amide bonds. The van der Waals surface area contributed by atoms with Crippen LogP contribution in [0.4, 0.5) is 0 Å². The highest BCUT2D eigenvalue weighted by molar-refractivity contribution is 6.09. The monoisotopic (exact) mass is 314 g/mol. The van der Waals surface area contributed by atoms with E-state index in [9.17, 15) is 15.0 Å². The molecule has 2 N–H and O–H groups in total. The Bertz CT molecular complexity index is 762. The molecule has 2 aromatic rings. The van der Waals surface area contributed by atoms with Gasteiger partial charge in [-0.1, -0.05) is 0 Å². The van der Waals surface area contributed by atoms with E-state index in [1.807, 2.05) is 6.92 Å². The van der Waals surface area contributed by atoms with E-state index in [0.29, 0.717) is 22.6 Å². The highest BCUT2D eigenvalue weighted by Gasteiger charge is 2.15. The van der Waals surface area contributed by atoms with Crippen LogP contribution in [-0.4, -0.2) is 30.2 Å². The van der Waals surface area contributed by atoms with Crippen molar-refractivity contribution in [3.05, 3.63) is 53.1 Å². The van der Waals surface area contributed by atoms with Gasteiger partial charge >= 0.3 is 0 Å². The summed E-state index contributed by atoms with van der Waals surface area (Å²) < 4.78 is 10.5. The molecule has 0 radical (unpaired) electrons. The van der Waals surface area contributed by atoms with E-state index in [2.05, 4.69) is 0 Å². The van der Waals surface area contributed by atoms with Gasteiger partial charge in [0.1, 0.15) is 23.0 Å². The lowest BCUT2D eigenvalue weighted by atomic mass is 10.0. The lowest BCUT2D eigenvalue weighted by Gasteiger charge is -2.12. The van der Waals surface area contributed by atoms with Gasteiger partial charge in [0.2, 0.25) is 0 Å². The summed E-state index contributed by atoms with van der Waals surface area (Å²) in [6.07, 6.45) is 2.83.